The van der Waals surface area contributed by atoms with Gasteiger partial charge >= 0.3 is 5.97 Å². The van der Waals surface area contributed by atoms with E-state index in [1.54, 1.807) is 12.1 Å². The summed E-state index contributed by atoms with van der Waals surface area (Å²) in [5.74, 6) is -0.930. The van der Waals surface area contributed by atoms with Crippen LogP contribution in [0.15, 0.2) is 24.3 Å². The monoisotopic (exact) mass is 281 g/mol. The van der Waals surface area contributed by atoms with Gasteiger partial charge < -0.3 is 10.1 Å². The number of nitrogens with one attached hydrogen (secondary N) is 1. The number of amides is 1. The first-order valence-electron chi connectivity index (χ1n) is 6.54. The number of rotatable bonds is 6. The molecule has 0 aliphatic rings. The molecular weight excluding hydrogens is 261 g/mol. The molecule has 0 saturated carbocycles. The van der Waals surface area contributed by atoms with Crippen LogP contribution < -0.4 is 5.32 Å². The average Bonchev–Trinajstić information content (AvgIpc) is 2.36. The van der Waals surface area contributed by atoms with Gasteiger partial charge in [0, 0.05) is 12.8 Å². The molecule has 0 saturated heterocycles. The minimum absolute atomic E-state index is 0.197. The molecule has 0 unspecified atom stereocenters. The van der Waals surface area contributed by atoms with Crippen molar-refractivity contribution in [3.63, 3.8) is 0 Å². The molecule has 0 aliphatic carbocycles. The maximum Gasteiger partial charge on any atom is 0.328 e. The van der Waals surface area contributed by atoms with Crippen LogP contribution in [0.4, 0.5) is 4.39 Å². The molecule has 110 valence electrons. The van der Waals surface area contributed by atoms with Gasteiger partial charge in [0.05, 0.1) is 7.11 Å². The molecule has 1 atom stereocenters. The summed E-state index contributed by atoms with van der Waals surface area (Å²) in [6.45, 7) is 3.83. The van der Waals surface area contributed by atoms with Crippen molar-refractivity contribution >= 4 is 11.9 Å². The molecule has 1 aromatic carbocycles. The molecule has 5 heteroatoms. The maximum atomic E-state index is 13.1. The van der Waals surface area contributed by atoms with Crippen LogP contribution in [0.3, 0.4) is 0 Å². The van der Waals surface area contributed by atoms with Crippen molar-refractivity contribution in [1.29, 1.82) is 0 Å². The van der Waals surface area contributed by atoms with E-state index in [1.165, 1.54) is 19.2 Å². The van der Waals surface area contributed by atoms with Crippen molar-refractivity contribution in [3.05, 3.63) is 35.6 Å². The van der Waals surface area contributed by atoms with E-state index in [4.69, 9.17) is 0 Å². The highest BCUT2D eigenvalue weighted by Gasteiger charge is 2.22. The highest BCUT2D eigenvalue weighted by Crippen LogP contribution is 2.08. The molecule has 4 nitrogen and oxygen atoms in total. The van der Waals surface area contributed by atoms with Gasteiger partial charge in [0.25, 0.3) is 0 Å². The third kappa shape index (κ3) is 5.38. The second kappa shape index (κ2) is 7.62. The van der Waals surface area contributed by atoms with Gasteiger partial charge in [0.1, 0.15) is 11.9 Å². The van der Waals surface area contributed by atoms with Gasteiger partial charge in [-0.2, -0.15) is 0 Å². The quantitative estimate of drug-likeness (QED) is 0.812. The summed E-state index contributed by atoms with van der Waals surface area (Å²) in [5.41, 5.74) is 0.630. The van der Waals surface area contributed by atoms with E-state index in [2.05, 4.69) is 10.1 Å². The molecule has 20 heavy (non-hydrogen) atoms. The summed E-state index contributed by atoms with van der Waals surface area (Å²) < 4.78 is 17.8. The Morgan fingerprint density at radius 1 is 1.35 bits per heavy atom. The summed E-state index contributed by atoms with van der Waals surface area (Å²) in [6, 6.07) is 5.13. The zero-order chi connectivity index (χ0) is 15.1. The second-order valence-electron chi connectivity index (χ2n) is 5.08. The van der Waals surface area contributed by atoms with Crippen molar-refractivity contribution in [3.8, 4) is 0 Å². The van der Waals surface area contributed by atoms with Crippen LogP contribution in [0.5, 0.6) is 0 Å². The van der Waals surface area contributed by atoms with Crippen LogP contribution in [-0.2, 0) is 20.7 Å². The van der Waals surface area contributed by atoms with Crippen LogP contribution in [0.1, 0.15) is 25.8 Å². The number of carbonyl (C=O) groups is 2. The Kier molecular flexibility index (Phi) is 6.15. The van der Waals surface area contributed by atoms with Crippen molar-refractivity contribution in [2.45, 2.75) is 32.7 Å². The molecule has 1 rings (SSSR count). The van der Waals surface area contributed by atoms with E-state index in [-0.39, 0.29) is 24.1 Å². The van der Waals surface area contributed by atoms with Crippen molar-refractivity contribution in [2.75, 3.05) is 7.11 Å². The van der Waals surface area contributed by atoms with Gasteiger partial charge in [-0.05, 0) is 23.6 Å². The van der Waals surface area contributed by atoms with Crippen molar-refractivity contribution < 1.29 is 18.7 Å². The predicted molar refractivity (Wildman–Crippen MR) is 73.5 cm³/mol. The number of carbonyl (C=O) groups excluding carboxylic acids is 2. The SMILES string of the molecule is COC(=O)[C@H](Cc1cccc(F)c1)NC(=O)CC(C)C. The van der Waals surface area contributed by atoms with Crippen LogP contribution in [-0.4, -0.2) is 25.0 Å². The predicted octanol–water partition coefficient (Wildman–Crippen LogP) is 2.07. The van der Waals surface area contributed by atoms with Gasteiger partial charge in [0.2, 0.25) is 5.91 Å². The van der Waals surface area contributed by atoms with E-state index in [0.717, 1.165) is 0 Å². The summed E-state index contributed by atoms with van der Waals surface area (Å²) >= 11 is 0. The number of methoxy groups -OCH3 is 1. The van der Waals surface area contributed by atoms with Crippen LogP contribution in [0, 0.1) is 11.7 Å². The number of halogens is 1. The van der Waals surface area contributed by atoms with Crippen LogP contribution >= 0.6 is 0 Å². The number of hydrogen-bond acceptors (Lipinski definition) is 3. The Balaban J connectivity index is 2.74. The van der Waals surface area contributed by atoms with E-state index in [1.807, 2.05) is 13.8 Å². The van der Waals surface area contributed by atoms with Gasteiger partial charge in [-0.15, -0.1) is 0 Å². The summed E-state index contributed by atoms with van der Waals surface area (Å²) in [4.78, 5) is 23.4. The lowest BCUT2D eigenvalue weighted by Gasteiger charge is -2.17. The van der Waals surface area contributed by atoms with Crippen LogP contribution in [0.25, 0.3) is 0 Å². The Labute approximate surface area is 118 Å². The Morgan fingerprint density at radius 2 is 2.05 bits per heavy atom. The largest absolute Gasteiger partial charge is 0.467 e. The molecule has 0 heterocycles. The van der Waals surface area contributed by atoms with Gasteiger partial charge in [-0.25, -0.2) is 9.18 Å². The summed E-state index contributed by atoms with van der Waals surface area (Å²) in [5, 5.41) is 2.63. The highest BCUT2D eigenvalue weighted by atomic mass is 19.1. The lowest BCUT2D eigenvalue weighted by Crippen LogP contribution is -2.43. The molecule has 0 bridgehead atoms. The Hall–Kier alpha value is -1.91. The average molecular weight is 281 g/mol. The van der Waals surface area contributed by atoms with Crippen molar-refractivity contribution in [1.82, 2.24) is 5.32 Å². The minimum Gasteiger partial charge on any atom is -0.467 e. The lowest BCUT2D eigenvalue weighted by atomic mass is 10.0. The molecule has 1 amide bonds. The Bertz CT molecular complexity index is 474. The molecule has 0 spiro atoms. The first-order chi connectivity index (χ1) is 9.42. The normalized spacial score (nSPS) is 12.1. The van der Waals surface area contributed by atoms with Gasteiger partial charge in [-0.3, -0.25) is 4.79 Å². The molecule has 0 aromatic heterocycles. The fourth-order valence-corrected chi connectivity index (χ4v) is 1.86. The second-order valence-corrected chi connectivity index (χ2v) is 5.08. The molecular formula is C15H20FNO3. The fraction of sp³-hybridized carbons (Fsp3) is 0.467. The smallest absolute Gasteiger partial charge is 0.328 e. The molecule has 0 aliphatic heterocycles. The zero-order valence-corrected chi connectivity index (χ0v) is 12.0. The molecule has 0 radical (unpaired) electrons. The first-order valence-corrected chi connectivity index (χ1v) is 6.54. The van der Waals surface area contributed by atoms with E-state index < -0.39 is 12.0 Å². The number of esters is 1. The molecule has 1 aromatic rings. The number of hydrogen-bond donors (Lipinski definition) is 1. The third-order valence-electron chi connectivity index (χ3n) is 2.74. The van der Waals surface area contributed by atoms with E-state index in [9.17, 15) is 14.0 Å². The summed E-state index contributed by atoms with van der Waals surface area (Å²) in [6.07, 6.45) is 0.533. The van der Waals surface area contributed by atoms with Crippen LogP contribution in [0.2, 0.25) is 0 Å². The van der Waals surface area contributed by atoms with Gasteiger partial charge in [0.15, 0.2) is 0 Å². The highest BCUT2D eigenvalue weighted by molar-refractivity contribution is 5.84. The first kappa shape index (κ1) is 16.1. The lowest BCUT2D eigenvalue weighted by molar-refractivity contribution is -0.145. The summed E-state index contributed by atoms with van der Waals surface area (Å²) in [7, 11) is 1.26. The van der Waals surface area contributed by atoms with E-state index in [0.29, 0.717) is 12.0 Å². The zero-order valence-electron chi connectivity index (χ0n) is 12.0. The number of ether oxygens (including phenoxy) is 1. The fourth-order valence-electron chi connectivity index (χ4n) is 1.86. The Morgan fingerprint density at radius 3 is 2.60 bits per heavy atom. The van der Waals surface area contributed by atoms with E-state index >= 15 is 0 Å². The maximum absolute atomic E-state index is 13.1. The topological polar surface area (TPSA) is 55.4 Å². The van der Waals surface area contributed by atoms with Crippen molar-refractivity contribution in [2.24, 2.45) is 5.92 Å². The van der Waals surface area contributed by atoms with Gasteiger partial charge in [-0.1, -0.05) is 26.0 Å². The minimum atomic E-state index is -0.798. The standard InChI is InChI=1S/C15H20FNO3/c1-10(2)7-14(18)17-13(15(19)20-3)9-11-5-4-6-12(16)8-11/h4-6,8,10,13H,7,9H2,1-3H3,(H,17,18)/t13-/m0/s1. The molecule has 1 N–H and O–H groups in total. The number of benzene rings is 1. The third-order valence-corrected chi connectivity index (χ3v) is 2.74. The molecule has 0 fully saturated rings.